The van der Waals surface area contributed by atoms with Gasteiger partial charge in [-0.3, -0.25) is 9.88 Å². The third-order valence-electron chi connectivity index (χ3n) is 8.26. The van der Waals surface area contributed by atoms with Crippen LogP contribution in [0.25, 0.3) is 0 Å². The highest BCUT2D eigenvalue weighted by Gasteiger charge is 2.53. The van der Waals surface area contributed by atoms with E-state index >= 15 is 0 Å². The summed E-state index contributed by atoms with van der Waals surface area (Å²) in [5.74, 6) is 2.06. The maximum Gasteiger partial charge on any atom is 0.345 e. The van der Waals surface area contributed by atoms with Gasteiger partial charge in [-0.2, -0.15) is 0 Å². The molecule has 2 bridgehead atoms. The summed E-state index contributed by atoms with van der Waals surface area (Å²) in [5, 5.41) is 0. The summed E-state index contributed by atoms with van der Waals surface area (Å²) >= 11 is 0. The van der Waals surface area contributed by atoms with Gasteiger partial charge in [0.25, 0.3) is 0 Å². The number of aromatic nitrogens is 1. The monoisotopic (exact) mass is 442 g/mol. The molecule has 3 aliphatic rings. The molecule has 6 rings (SSSR count). The van der Waals surface area contributed by atoms with Gasteiger partial charge in [0.05, 0.1) is 11.8 Å². The van der Waals surface area contributed by atoms with E-state index in [1.165, 1.54) is 43.2 Å². The van der Waals surface area contributed by atoms with Crippen molar-refractivity contribution in [3.05, 3.63) is 83.6 Å². The lowest BCUT2D eigenvalue weighted by molar-refractivity contribution is -0.0112. The first-order valence-corrected chi connectivity index (χ1v) is 12.2. The number of pyridine rings is 1. The lowest BCUT2D eigenvalue weighted by Gasteiger charge is -2.59. The lowest BCUT2D eigenvalue weighted by Crippen LogP contribution is -2.61. The van der Waals surface area contributed by atoms with Crippen LogP contribution in [-0.2, 0) is 18.3 Å². The summed E-state index contributed by atoms with van der Waals surface area (Å²) < 4.78 is 11.4. The van der Waals surface area contributed by atoms with Crippen molar-refractivity contribution in [1.82, 2.24) is 9.88 Å². The number of hydrogen-bond donors (Lipinski definition) is 0. The molecule has 0 spiro atoms. The van der Waals surface area contributed by atoms with Gasteiger partial charge in [-0.25, -0.2) is 4.79 Å². The Kier molecular flexibility index (Phi) is 5.30. The molecular weight excluding hydrogens is 412 g/mol. The van der Waals surface area contributed by atoms with Crippen LogP contribution in [0.1, 0.15) is 59.3 Å². The van der Waals surface area contributed by atoms with E-state index in [9.17, 15) is 4.79 Å². The molecular formula is C28H30N2O3. The predicted octanol–water partition coefficient (Wildman–Crippen LogP) is 5.19. The number of esters is 1. The Morgan fingerprint density at radius 3 is 3.00 bits per heavy atom. The Labute approximate surface area is 194 Å². The summed E-state index contributed by atoms with van der Waals surface area (Å²) in [4.78, 5) is 19.4. The zero-order valence-electron chi connectivity index (χ0n) is 18.9. The molecule has 0 unspecified atom stereocenters. The van der Waals surface area contributed by atoms with E-state index in [1.54, 1.807) is 30.8 Å². The number of hydrogen-bond acceptors (Lipinski definition) is 5. The highest BCUT2D eigenvalue weighted by Crippen LogP contribution is 2.56. The molecule has 2 aliphatic carbocycles. The number of carbonyl (C=O) groups excluding carboxylic acids is 1. The molecule has 3 heterocycles. The van der Waals surface area contributed by atoms with Crippen LogP contribution < -0.4 is 4.74 Å². The molecule has 170 valence electrons. The van der Waals surface area contributed by atoms with E-state index in [0.717, 1.165) is 31.7 Å². The van der Waals surface area contributed by atoms with Crippen LogP contribution in [-0.4, -0.2) is 35.0 Å². The molecule has 1 saturated carbocycles. The van der Waals surface area contributed by atoms with E-state index in [0.29, 0.717) is 23.3 Å². The highest BCUT2D eigenvalue weighted by molar-refractivity contribution is 5.90. The molecule has 0 N–H and O–H groups in total. The van der Waals surface area contributed by atoms with Crippen molar-refractivity contribution >= 4 is 5.97 Å². The van der Waals surface area contributed by atoms with Crippen molar-refractivity contribution in [2.45, 2.75) is 56.4 Å². The number of fused-ring (bicyclic) bond motifs is 1. The fourth-order valence-electron chi connectivity index (χ4n) is 6.76. The summed E-state index contributed by atoms with van der Waals surface area (Å²) in [5.41, 5.74) is 3.57. The van der Waals surface area contributed by atoms with Gasteiger partial charge < -0.3 is 9.15 Å². The second-order valence-electron chi connectivity index (χ2n) is 9.85. The maximum absolute atomic E-state index is 12.6. The van der Waals surface area contributed by atoms with E-state index < -0.39 is 0 Å². The average molecular weight is 443 g/mol. The van der Waals surface area contributed by atoms with E-state index in [1.807, 2.05) is 12.1 Å². The van der Waals surface area contributed by atoms with Gasteiger partial charge in [0.1, 0.15) is 11.5 Å². The predicted molar refractivity (Wildman–Crippen MR) is 125 cm³/mol. The molecule has 5 heteroatoms. The van der Waals surface area contributed by atoms with Gasteiger partial charge in [0.15, 0.2) is 0 Å². The third kappa shape index (κ3) is 3.68. The standard InChI is InChI=1S/C28H30N2O3/c31-27(21-5-3-13-29-19-21)33-23-9-8-20-17-26-24-7-1-2-11-28(24,25(20)18-23)12-15-30(26)14-10-22-6-4-16-32-22/h3-6,8-9,13,16,18-19,24,26H,1-2,7,10-12,14-15,17H2/t24-,26-,28+/m0/s1. The van der Waals surface area contributed by atoms with Crippen LogP contribution in [0.3, 0.4) is 0 Å². The molecule has 3 aromatic rings. The van der Waals surface area contributed by atoms with Crippen LogP contribution in [0.4, 0.5) is 0 Å². The van der Waals surface area contributed by atoms with Crippen LogP contribution in [0.15, 0.2) is 65.5 Å². The summed E-state index contributed by atoms with van der Waals surface area (Å²) in [7, 11) is 0. The number of nitrogens with zero attached hydrogens (tertiary/aromatic N) is 2. The second kappa shape index (κ2) is 8.45. The lowest BCUT2D eigenvalue weighted by atomic mass is 9.52. The molecule has 2 fully saturated rings. The molecule has 0 amide bonds. The van der Waals surface area contributed by atoms with Crippen LogP contribution in [0.2, 0.25) is 0 Å². The Morgan fingerprint density at radius 1 is 1.18 bits per heavy atom. The van der Waals surface area contributed by atoms with Crippen molar-refractivity contribution in [2.75, 3.05) is 13.1 Å². The van der Waals surface area contributed by atoms with Crippen molar-refractivity contribution in [2.24, 2.45) is 5.92 Å². The van der Waals surface area contributed by atoms with Gasteiger partial charge in [-0.05, 0) is 85.7 Å². The molecule has 2 aromatic heterocycles. The molecule has 5 nitrogen and oxygen atoms in total. The van der Waals surface area contributed by atoms with Gasteiger partial charge in [0.2, 0.25) is 0 Å². The number of rotatable bonds is 5. The molecule has 3 atom stereocenters. The first kappa shape index (κ1) is 20.7. The minimum atomic E-state index is -0.345. The number of likely N-dealkylation sites (tertiary alicyclic amines) is 1. The number of benzene rings is 1. The van der Waals surface area contributed by atoms with Crippen molar-refractivity contribution < 1.29 is 13.9 Å². The second-order valence-corrected chi connectivity index (χ2v) is 9.85. The fraction of sp³-hybridized carbons (Fsp3) is 0.429. The van der Waals surface area contributed by atoms with Crippen LogP contribution in [0.5, 0.6) is 5.75 Å². The number of furan rings is 1. The highest BCUT2D eigenvalue weighted by atomic mass is 16.5. The molecule has 1 saturated heterocycles. The number of ether oxygens (including phenoxy) is 1. The molecule has 0 radical (unpaired) electrons. The Hall–Kier alpha value is -2.92. The van der Waals surface area contributed by atoms with E-state index in [-0.39, 0.29) is 11.4 Å². The molecule has 1 aromatic carbocycles. The smallest absolute Gasteiger partial charge is 0.345 e. The minimum absolute atomic E-state index is 0.217. The zero-order valence-corrected chi connectivity index (χ0v) is 18.9. The Balaban J connectivity index is 1.28. The Bertz CT molecular complexity index is 1130. The minimum Gasteiger partial charge on any atom is -0.469 e. The topological polar surface area (TPSA) is 55.6 Å². The fourth-order valence-corrected chi connectivity index (χ4v) is 6.76. The maximum atomic E-state index is 12.6. The van der Waals surface area contributed by atoms with Crippen LogP contribution >= 0.6 is 0 Å². The van der Waals surface area contributed by atoms with Crippen molar-refractivity contribution in [3.63, 3.8) is 0 Å². The first-order valence-electron chi connectivity index (χ1n) is 12.2. The summed E-state index contributed by atoms with van der Waals surface area (Å²) in [6.07, 6.45) is 13.4. The molecule has 1 aliphatic heterocycles. The summed E-state index contributed by atoms with van der Waals surface area (Å²) in [6.45, 7) is 2.18. The van der Waals surface area contributed by atoms with Gasteiger partial charge in [0, 0.05) is 36.8 Å². The average Bonchev–Trinajstić information content (AvgIpc) is 3.38. The van der Waals surface area contributed by atoms with E-state index in [4.69, 9.17) is 9.15 Å². The van der Waals surface area contributed by atoms with Crippen molar-refractivity contribution in [3.8, 4) is 5.75 Å². The zero-order chi connectivity index (χ0) is 22.3. The Morgan fingerprint density at radius 2 is 2.15 bits per heavy atom. The van der Waals surface area contributed by atoms with Gasteiger partial charge >= 0.3 is 5.97 Å². The van der Waals surface area contributed by atoms with Gasteiger partial charge in [-0.15, -0.1) is 0 Å². The SMILES string of the molecule is O=C(Oc1ccc2c(c1)[C@@]13CCCC[C@H]1[C@H](C2)N(CCc1ccco1)CC3)c1cccnc1. The number of piperidine rings is 1. The number of carbonyl (C=O) groups is 1. The van der Waals surface area contributed by atoms with Crippen molar-refractivity contribution in [1.29, 1.82) is 0 Å². The van der Waals surface area contributed by atoms with E-state index in [2.05, 4.69) is 28.1 Å². The normalized spacial score (nSPS) is 26.3. The van der Waals surface area contributed by atoms with Gasteiger partial charge in [-0.1, -0.05) is 18.9 Å². The summed E-state index contributed by atoms with van der Waals surface area (Å²) in [6, 6.07) is 14.5. The largest absolute Gasteiger partial charge is 0.469 e. The molecule has 33 heavy (non-hydrogen) atoms. The third-order valence-corrected chi connectivity index (χ3v) is 8.26. The quantitative estimate of drug-likeness (QED) is 0.402. The van der Waals surface area contributed by atoms with Crippen LogP contribution in [0, 0.1) is 5.92 Å². The first-order chi connectivity index (χ1) is 16.2.